The minimum atomic E-state index is -2.91. The zero-order valence-corrected chi connectivity index (χ0v) is 9.67. The number of hydrogen-bond acceptors (Lipinski definition) is 2. The van der Waals surface area contributed by atoms with Crippen molar-refractivity contribution in [3.8, 4) is 0 Å². The third-order valence-corrected chi connectivity index (χ3v) is 3.19. The van der Waals surface area contributed by atoms with Crippen molar-refractivity contribution in [2.24, 2.45) is 5.92 Å². The summed E-state index contributed by atoms with van der Waals surface area (Å²) in [5.41, 5.74) is -0.867. The van der Waals surface area contributed by atoms with E-state index in [0.29, 0.717) is 6.07 Å². The molecular formula is C12H11F4NO2. The third-order valence-electron chi connectivity index (χ3n) is 3.19. The predicted octanol–water partition coefficient (Wildman–Crippen LogP) is 2.64. The zero-order chi connectivity index (χ0) is 14.2. The summed E-state index contributed by atoms with van der Waals surface area (Å²) < 4.78 is 52.0. The van der Waals surface area contributed by atoms with E-state index in [4.69, 9.17) is 5.11 Å². The Morgan fingerprint density at radius 2 is 2.05 bits per heavy atom. The van der Waals surface area contributed by atoms with Crippen molar-refractivity contribution >= 4 is 5.97 Å². The van der Waals surface area contributed by atoms with Crippen molar-refractivity contribution in [1.29, 1.82) is 0 Å². The van der Waals surface area contributed by atoms with Gasteiger partial charge in [-0.15, -0.1) is 0 Å². The number of hydrogen-bond donors (Lipinski definition) is 2. The second-order valence-electron chi connectivity index (χ2n) is 4.44. The molecular weight excluding hydrogens is 266 g/mol. The molecule has 2 unspecified atom stereocenters. The Morgan fingerprint density at radius 1 is 1.37 bits per heavy atom. The van der Waals surface area contributed by atoms with Gasteiger partial charge in [-0.2, -0.15) is 0 Å². The molecule has 1 heterocycles. The molecule has 0 bridgehead atoms. The molecule has 1 aromatic rings. The highest BCUT2D eigenvalue weighted by molar-refractivity contribution is 5.70. The second kappa shape index (κ2) is 5.16. The lowest BCUT2D eigenvalue weighted by Gasteiger charge is -2.14. The zero-order valence-electron chi connectivity index (χ0n) is 9.67. The van der Waals surface area contributed by atoms with Gasteiger partial charge in [0.05, 0.1) is 5.92 Å². The molecule has 0 saturated carbocycles. The van der Waals surface area contributed by atoms with Gasteiger partial charge in [-0.1, -0.05) is 0 Å². The van der Waals surface area contributed by atoms with E-state index in [0.717, 1.165) is 6.07 Å². The lowest BCUT2D eigenvalue weighted by molar-refractivity contribution is -0.141. The van der Waals surface area contributed by atoms with Crippen LogP contribution < -0.4 is 5.32 Å². The van der Waals surface area contributed by atoms with Crippen LogP contribution in [0.15, 0.2) is 12.1 Å². The van der Waals surface area contributed by atoms with Crippen molar-refractivity contribution in [3.05, 3.63) is 34.9 Å². The highest BCUT2D eigenvalue weighted by Gasteiger charge is 2.32. The van der Waals surface area contributed by atoms with Crippen molar-refractivity contribution in [2.45, 2.75) is 18.9 Å². The van der Waals surface area contributed by atoms with Crippen LogP contribution in [-0.2, 0) is 4.79 Å². The first-order valence-corrected chi connectivity index (χ1v) is 5.63. The fraction of sp³-hybridized carbons (Fsp3) is 0.417. The van der Waals surface area contributed by atoms with Gasteiger partial charge in [0.1, 0.15) is 0 Å². The van der Waals surface area contributed by atoms with Crippen LogP contribution >= 0.6 is 0 Å². The number of carbonyl (C=O) groups is 1. The SMILES string of the molecule is O=C(O)C1CNC(c2cc(C(F)F)cc(F)c2F)C1. The van der Waals surface area contributed by atoms with E-state index < -0.39 is 41.6 Å². The smallest absolute Gasteiger partial charge is 0.307 e. The van der Waals surface area contributed by atoms with Gasteiger partial charge in [-0.05, 0) is 18.6 Å². The molecule has 2 N–H and O–H groups in total. The lowest BCUT2D eigenvalue weighted by atomic mass is 9.98. The van der Waals surface area contributed by atoms with Gasteiger partial charge < -0.3 is 10.4 Å². The molecule has 1 aliphatic rings. The molecule has 1 aromatic carbocycles. The molecule has 0 aromatic heterocycles. The van der Waals surface area contributed by atoms with Crippen LogP contribution in [-0.4, -0.2) is 17.6 Å². The Hall–Kier alpha value is -1.63. The Kier molecular flexibility index (Phi) is 3.75. The Bertz CT molecular complexity index is 507. The standard InChI is InChI=1S/C12H11F4NO2/c13-8-2-5(11(15)16)1-7(10(8)14)9-3-6(4-17-9)12(18)19/h1-2,6,9,11,17H,3-4H2,(H,18,19). The van der Waals surface area contributed by atoms with E-state index >= 15 is 0 Å². The number of rotatable bonds is 3. The number of aliphatic carboxylic acids is 1. The molecule has 19 heavy (non-hydrogen) atoms. The Balaban J connectivity index is 2.32. The molecule has 7 heteroatoms. The molecule has 1 fully saturated rings. The van der Waals surface area contributed by atoms with Gasteiger partial charge in [-0.25, -0.2) is 17.6 Å². The first-order valence-electron chi connectivity index (χ1n) is 5.63. The fourth-order valence-electron chi connectivity index (χ4n) is 2.17. The van der Waals surface area contributed by atoms with E-state index in [-0.39, 0.29) is 18.5 Å². The van der Waals surface area contributed by atoms with Crippen LogP contribution in [0.5, 0.6) is 0 Å². The predicted molar refractivity (Wildman–Crippen MR) is 57.8 cm³/mol. The normalized spacial score (nSPS) is 23.0. The minimum Gasteiger partial charge on any atom is -0.481 e. The summed E-state index contributed by atoms with van der Waals surface area (Å²) in [5.74, 6) is -4.36. The van der Waals surface area contributed by atoms with E-state index in [2.05, 4.69) is 5.32 Å². The van der Waals surface area contributed by atoms with Crippen molar-refractivity contribution < 1.29 is 27.5 Å². The van der Waals surface area contributed by atoms with Crippen LogP contribution in [0, 0.1) is 17.6 Å². The summed E-state index contributed by atoms with van der Waals surface area (Å²) in [5, 5.41) is 11.5. The van der Waals surface area contributed by atoms with Gasteiger partial charge in [0, 0.05) is 23.7 Å². The topological polar surface area (TPSA) is 49.3 Å². The van der Waals surface area contributed by atoms with Gasteiger partial charge in [0.25, 0.3) is 6.43 Å². The van der Waals surface area contributed by atoms with Crippen LogP contribution in [0.4, 0.5) is 17.6 Å². The first kappa shape index (κ1) is 13.8. The average molecular weight is 277 g/mol. The molecule has 0 aliphatic carbocycles. The number of halogens is 4. The van der Waals surface area contributed by atoms with Gasteiger partial charge in [0.2, 0.25) is 0 Å². The molecule has 1 aliphatic heterocycles. The quantitative estimate of drug-likeness (QED) is 0.835. The summed E-state index contributed by atoms with van der Waals surface area (Å²) in [4.78, 5) is 10.8. The van der Waals surface area contributed by atoms with E-state index in [1.54, 1.807) is 0 Å². The maximum atomic E-state index is 13.6. The molecule has 0 amide bonds. The molecule has 2 atom stereocenters. The van der Waals surface area contributed by atoms with E-state index in [1.165, 1.54) is 0 Å². The fourth-order valence-corrected chi connectivity index (χ4v) is 2.17. The minimum absolute atomic E-state index is 0.0401. The summed E-state index contributed by atoms with van der Waals surface area (Å²) in [6, 6.07) is 0.562. The number of carboxylic acid groups (broad SMARTS) is 1. The Morgan fingerprint density at radius 3 is 2.58 bits per heavy atom. The molecule has 104 valence electrons. The number of alkyl halides is 2. The monoisotopic (exact) mass is 277 g/mol. The molecule has 3 nitrogen and oxygen atoms in total. The summed E-state index contributed by atoms with van der Waals surface area (Å²) in [6.45, 7) is 0.0972. The van der Waals surface area contributed by atoms with Crippen molar-refractivity contribution in [2.75, 3.05) is 6.54 Å². The maximum Gasteiger partial charge on any atom is 0.307 e. The van der Waals surface area contributed by atoms with Crippen LogP contribution in [0.1, 0.15) is 30.0 Å². The second-order valence-corrected chi connectivity index (χ2v) is 4.44. The Labute approximate surface area is 106 Å². The van der Waals surface area contributed by atoms with E-state index in [1.807, 2.05) is 0 Å². The van der Waals surface area contributed by atoms with E-state index in [9.17, 15) is 22.4 Å². The summed E-state index contributed by atoms with van der Waals surface area (Å²) in [6.07, 6.45) is -2.87. The highest BCUT2D eigenvalue weighted by atomic mass is 19.3. The van der Waals surface area contributed by atoms with Gasteiger partial charge >= 0.3 is 5.97 Å². The van der Waals surface area contributed by atoms with Crippen LogP contribution in [0.2, 0.25) is 0 Å². The molecule has 1 saturated heterocycles. The molecule has 2 rings (SSSR count). The average Bonchev–Trinajstić information content (AvgIpc) is 2.81. The highest BCUT2D eigenvalue weighted by Crippen LogP contribution is 2.32. The lowest BCUT2D eigenvalue weighted by Crippen LogP contribution is -2.18. The molecule has 0 spiro atoms. The summed E-state index contributed by atoms with van der Waals surface area (Å²) in [7, 11) is 0. The summed E-state index contributed by atoms with van der Waals surface area (Å²) >= 11 is 0. The number of carboxylic acids is 1. The van der Waals surface area contributed by atoms with Gasteiger partial charge in [0.15, 0.2) is 11.6 Å². The van der Waals surface area contributed by atoms with Crippen molar-refractivity contribution in [3.63, 3.8) is 0 Å². The van der Waals surface area contributed by atoms with Crippen LogP contribution in [0.25, 0.3) is 0 Å². The van der Waals surface area contributed by atoms with Gasteiger partial charge in [-0.3, -0.25) is 4.79 Å². The maximum absolute atomic E-state index is 13.6. The van der Waals surface area contributed by atoms with Crippen LogP contribution in [0.3, 0.4) is 0 Å². The third kappa shape index (κ3) is 2.70. The number of nitrogens with one attached hydrogen (secondary N) is 1. The first-order chi connectivity index (χ1) is 8.90. The van der Waals surface area contributed by atoms with Crippen molar-refractivity contribution in [1.82, 2.24) is 5.32 Å². The number of benzene rings is 1. The molecule has 0 radical (unpaired) electrons. The largest absolute Gasteiger partial charge is 0.481 e.